The van der Waals surface area contributed by atoms with Gasteiger partial charge in [0.1, 0.15) is 6.10 Å². The summed E-state index contributed by atoms with van der Waals surface area (Å²) >= 11 is 0. The summed E-state index contributed by atoms with van der Waals surface area (Å²) in [5, 5.41) is 6.84. The van der Waals surface area contributed by atoms with Crippen molar-refractivity contribution in [1.82, 2.24) is 5.32 Å². The molecule has 238 valence electrons. The molecule has 0 fully saturated rings. The first-order valence-electron chi connectivity index (χ1n) is 16.3. The van der Waals surface area contributed by atoms with Gasteiger partial charge in [0.05, 0.1) is 12.6 Å². The molecular weight excluding hydrogens is 587 g/mol. The van der Waals surface area contributed by atoms with E-state index in [1.807, 2.05) is 24.3 Å². The standard InChI is InChI=1S/C39H51NO3Si2/c1-31(2)36(30-42-44(6,7)39(3,4)5)40-38(41)37(29-28-32-20-12-8-13-21-32)43-45(33-22-14-9-15-23-33,34-24-16-10-17-25-34)35-26-18-11-19-27-35/h8-27,31,36-37H,28-30H2,1-7H3,(H,40,41)/t36-,37?/m1/s1. The summed E-state index contributed by atoms with van der Waals surface area (Å²) in [4.78, 5) is 14.5. The second kappa shape index (κ2) is 15.3. The van der Waals surface area contributed by atoms with Crippen molar-refractivity contribution in [2.75, 3.05) is 6.61 Å². The van der Waals surface area contributed by atoms with Crippen molar-refractivity contribution < 1.29 is 13.6 Å². The summed E-state index contributed by atoms with van der Waals surface area (Å²) in [7, 11) is -5.12. The highest BCUT2D eigenvalue weighted by Gasteiger charge is 2.45. The Morgan fingerprint density at radius 1 is 0.711 bits per heavy atom. The molecule has 4 aromatic rings. The van der Waals surface area contributed by atoms with Crippen LogP contribution < -0.4 is 20.9 Å². The molecule has 45 heavy (non-hydrogen) atoms. The van der Waals surface area contributed by atoms with E-state index in [0.717, 1.165) is 22.0 Å². The quantitative estimate of drug-likeness (QED) is 0.122. The van der Waals surface area contributed by atoms with Gasteiger partial charge in [-0.05, 0) is 58.0 Å². The Morgan fingerprint density at radius 3 is 1.53 bits per heavy atom. The molecule has 6 heteroatoms. The van der Waals surface area contributed by atoms with E-state index >= 15 is 0 Å². The van der Waals surface area contributed by atoms with E-state index in [-0.39, 0.29) is 22.9 Å². The van der Waals surface area contributed by atoms with Gasteiger partial charge >= 0.3 is 0 Å². The van der Waals surface area contributed by atoms with Crippen molar-refractivity contribution in [3.05, 3.63) is 127 Å². The SMILES string of the molecule is CC(C)[C@@H](CO[Si](C)(C)C(C)(C)C)NC(=O)C(CCc1ccccc1)O[Si](c1ccccc1)(c1ccccc1)c1ccccc1. The fraction of sp³-hybridized carbons (Fsp3) is 0.359. The van der Waals surface area contributed by atoms with Crippen LogP contribution in [0.25, 0.3) is 0 Å². The van der Waals surface area contributed by atoms with Gasteiger partial charge in [-0.3, -0.25) is 4.79 Å². The van der Waals surface area contributed by atoms with Crippen LogP contribution in [0.2, 0.25) is 18.1 Å². The van der Waals surface area contributed by atoms with Gasteiger partial charge in [0.15, 0.2) is 8.32 Å². The van der Waals surface area contributed by atoms with Gasteiger partial charge in [0.2, 0.25) is 5.91 Å². The molecule has 0 radical (unpaired) electrons. The zero-order chi connectivity index (χ0) is 32.5. The largest absolute Gasteiger partial charge is 0.415 e. The fourth-order valence-corrected chi connectivity index (χ4v) is 10.4. The maximum Gasteiger partial charge on any atom is 0.289 e. The van der Waals surface area contributed by atoms with E-state index < -0.39 is 22.7 Å². The van der Waals surface area contributed by atoms with Gasteiger partial charge in [-0.2, -0.15) is 0 Å². The molecule has 4 rings (SSSR count). The molecule has 0 aromatic heterocycles. The second-order valence-electron chi connectivity index (χ2n) is 13.8. The number of carbonyl (C=O) groups is 1. The monoisotopic (exact) mass is 637 g/mol. The molecular formula is C39H51NO3Si2. The number of amides is 1. The van der Waals surface area contributed by atoms with Crippen LogP contribution in [0.15, 0.2) is 121 Å². The van der Waals surface area contributed by atoms with Gasteiger partial charge in [-0.1, -0.05) is 156 Å². The van der Waals surface area contributed by atoms with Crippen LogP contribution in [-0.2, 0) is 20.1 Å². The molecule has 0 aliphatic rings. The molecule has 0 saturated carbocycles. The summed E-state index contributed by atoms with van der Waals surface area (Å²) in [6.45, 7) is 16.1. The third-order valence-electron chi connectivity index (χ3n) is 9.25. The van der Waals surface area contributed by atoms with E-state index in [1.165, 1.54) is 5.56 Å². The van der Waals surface area contributed by atoms with E-state index in [9.17, 15) is 4.79 Å². The van der Waals surface area contributed by atoms with Crippen molar-refractivity contribution in [1.29, 1.82) is 0 Å². The third kappa shape index (κ3) is 8.70. The molecule has 0 aliphatic heterocycles. The molecule has 4 aromatic carbocycles. The van der Waals surface area contributed by atoms with Crippen molar-refractivity contribution >= 4 is 38.1 Å². The van der Waals surface area contributed by atoms with Crippen LogP contribution >= 0.6 is 0 Å². The minimum Gasteiger partial charge on any atom is -0.415 e. The molecule has 0 heterocycles. The van der Waals surface area contributed by atoms with Crippen LogP contribution in [0.4, 0.5) is 0 Å². The zero-order valence-electron chi connectivity index (χ0n) is 28.1. The number of carbonyl (C=O) groups excluding carboxylic acids is 1. The number of hydrogen-bond acceptors (Lipinski definition) is 3. The molecule has 1 unspecified atom stereocenters. The van der Waals surface area contributed by atoms with Gasteiger partial charge in [-0.25, -0.2) is 0 Å². The average Bonchev–Trinajstić information content (AvgIpc) is 3.04. The Morgan fingerprint density at radius 2 is 1.13 bits per heavy atom. The van der Waals surface area contributed by atoms with Crippen molar-refractivity contribution in [2.24, 2.45) is 5.92 Å². The van der Waals surface area contributed by atoms with Crippen molar-refractivity contribution in [3.8, 4) is 0 Å². The minimum absolute atomic E-state index is 0.0804. The van der Waals surface area contributed by atoms with Crippen LogP contribution in [0.5, 0.6) is 0 Å². The van der Waals surface area contributed by atoms with E-state index in [2.05, 4.69) is 150 Å². The summed E-state index contributed by atoms with van der Waals surface area (Å²) in [5.74, 6) is 0.121. The molecule has 0 aliphatic carbocycles. The molecule has 0 spiro atoms. The van der Waals surface area contributed by atoms with Crippen LogP contribution in [0.3, 0.4) is 0 Å². The summed E-state index contributed by atoms with van der Waals surface area (Å²) in [6, 6.07) is 41.7. The fourth-order valence-electron chi connectivity index (χ4n) is 5.31. The van der Waals surface area contributed by atoms with Crippen LogP contribution in [0.1, 0.15) is 46.6 Å². The van der Waals surface area contributed by atoms with Gasteiger partial charge in [0.25, 0.3) is 8.32 Å². The number of hydrogen-bond donors (Lipinski definition) is 1. The third-order valence-corrected chi connectivity index (χ3v) is 17.8. The molecule has 2 atom stereocenters. The van der Waals surface area contributed by atoms with Gasteiger partial charge < -0.3 is 14.2 Å². The Kier molecular flexibility index (Phi) is 11.8. The molecule has 4 nitrogen and oxygen atoms in total. The number of rotatable bonds is 14. The lowest BCUT2D eigenvalue weighted by Gasteiger charge is -2.39. The molecule has 0 saturated heterocycles. The molecule has 1 amide bonds. The summed E-state index contributed by atoms with van der Waals surface area (Å²) in [5.41, 5.74) is 1.19. The lowest BCUT2D eigenvalue weighted by atomic mass is 10.0. The van der Waals surface area contributed by atoms with E-state index in [4.69, 9.17) is 8.85 Å². The Hall–Kier alpha value is -3.30. The van der Waals surface area contributed by atoms with Crippen LogP contribution in [-0.4, -0.2) is 41.3 Å². The lowest BCUT2D eigenvalue weighted by molar-refractivity contribution is -0.129. The number of nitrogens with one attached hydrogen (secondary N) is 1. The number of aryl methyl sites for hydroxylation is 1. The van der Waals surface area contributed by atoms with Gasteiger partial charge in [-0.15, -0.1) is 0 Å². The molecule has 0 bridgehead atoms. The zero-order valence-corrected chi connectivity index (χ0v) is 30.1. The predicted molar refractivity (Wildman–Crippen MR) is 194 cm³/mol. The van der Waals surface area contributed by atoms with E-state index in [0.29, 0.717) is 13.0 Å². The summed E-state index contributed by atoms with van der Waals surface area (Å²) < 4.78 is 14.1. The lowest BCUT2D eigenvalue weighted by Crippen LogP contribution is -2.71. The first kappa shape index (κ1) is 34.6. The first-order valence-corrected chi connectivity index (χ1v) is 21.1. The highest BCUT2D eigenvalue weighted by atomic mass is 28.4. The smallest absolute Gasteiger partial charge is 0.289 e. The Bertz CT molecular complexity index is 1360. The predicted octanol–water partition coefficient (Wildman–Crippen LogP) is 6.83. The first-order chi connectivity index (χ1) is 21.4. The van der Waals surface area contributed by atoms with E-state index in [1.54, 1.807) is 0 Å². The highest BCUT2D eigenvalue weighted by molar-refractivity contribution is 7.07. The second-order valence-corrected chi connectivity index (χ2v) is 22.0. The van der Waals surface area contributed by atoms with Crippen LogP contribution in [0, 0.1) is 5.92 Å². The Labute approximate surface area is 273 Å². The average molecular weight is 638 g/mol. The maximum atomic E-state index is 14.5. The minimum atomic E-state index is -3.12. The topological polar surface area (TPSA) is 47.6 Å². The highest BCUT2D eigenvalue weighted by Crippen LogP contribution is 2.36. The summed E-state index contributed by atoms with van der Waals surface area (Å²) in [6.07, 6.45) is 0.617. The number of benzene rings is 4. The van der Waals surface area contributed by atoms with Gasteiger partial charge in [0, 0.05) is 0 Å². The Balaban J connectivity index is 1.76. The maximum absolute atomic E-state index is 14.5. The van der Waals surface area contributed by atoms with Crippen molar-refractivity contribution in [3.63, 3.8) is 0 Å². The van der Waals surface area contributed by atoms with Crippen molar-refractivity contribution in [2.45, 2.75) is 77.7 Å². The molecule has 1 N–H and O–H groups in total. The normalized spacial score (nSPS) is 13.8.